The topological polar surface area (TPSA) is 45.9 Å². The Balaban J connectivity index is 3.30. The van der Waals surface area contributed by atoms with Gasteiger partial charge in [-0.3, -0.25) is 0 Å². The highest BCUT2D eigenvalue weighted by atomic mass is 35.5. The first-order chi connectivity index (χ1) is 7.63. The van der Waals surface area contributed by atoms with Crippen LogP contribution in [0, 0.1) is 11.3 Å². The van der Waals surface area contributed by atoms with Crippen LogP contribution in [0.5, 0.6) is 5.88 Å². The largest absolute Gasteiger partial charge is 0.481 e. The fraction of sp³-hybridized carbons (Fsp3) is 0.400. The summed E-state index contributed by atoms with van der Waals surface area (Å²) in [5, 5.41) is 8.56. The minimum absolute atomic E-state index is 0.00122. The summed E-state index contributed by atoms with van der Waals surface area (Å²) in [7, 11) is 1.26. The first kappa shape index (κ1) is 12.7. The highest BCUT2D eigenvalue weighted by Crippen LogP contribution is 2.29. The fourth-order valence-corrected chi connectivity index (χ4v) is 1.50. The van der Waals surface area contributed by atoms with Gasteiger partial charge in [-0.1, -0.05) is 0 Å². The van der Waals surface area contributed by atoms with E-state index in [4.69, 9.17) is 21.6 Å². The highest BCUT2D eigenvalue weighted by molar-refractivity contribution is 6.17. The minimum atomic E-state index is -2.69. The number of pyridine rings is 1. The lowest BCUT2D eigenvalue weighted by atomic mass is 10.1. The lowest BCUT2D eigenvalue weighted by Crippen LogP contribution is -2.03. The van der Waals surface area contributed by atoms with Gasteiger partial charge in [-0.25, -0.2) is 13.8 Å². The van der Waals surface area contributed by atoms with Crippen LogP contribution >= 0.6 is 11.6 Å². The SMILES string of the molecule is COc1nc(CCl)c(CC#N)cc1C(F)F. The van der Waals surface area contributed by atoms with E-state index in [1.54, 1.807) is 0 Å². The van der Waals surface area contributed by atoms with Gasteiger partial charge in [0.2, 0.25) is 5.88 Å². The predicted molar refractivity (Wildman–Crippen MR) is 54.6 cm³/mol. The van der Waals surface area contributed by atoms with E-state index >= 15 is 0 Å². The number of halogens is 3. The molecule has 0 aliphatic rings. The summed E-state index contributed by atoms with van der Waals surface area (Å²) >= 11 is 5.61. The van der Waals surface area contributed by atoms with Crippen LogP contribution in [0.15, 0.2) is 6.07 Å². The van der Waals surface area contributed by atoms with Crippen molar-refractivity contribution in [2.75, 3.05) is 7.11 Å². The number of hydrogen-bond donors (Lipinski definition) is 0. The second kappa shape index (κ2) is 5.61. The predicted octanol–water partition coefficient (Wildman–Crippen LogP) is 2.83. The molecule has 1 heterocycles. The van der Waals surface area contributed by atoms with Crippen molar-refractivity contribution < 1.29 is 13.5 Å². The second-order valence-electron chi connectivity index (χ2n) is 2.96. The first-order valence-corrected chi connectivity index (χ1v) is 4.95. The van der Waals surface area contributed by atoms with Crippen molar-refractivity contribution in [2.24, 2.45) is 0 Å². The monoisotopic (exact) mass is 246 g/mol. The molecule has 0 atom stereocenters. The number of methoxy groups -OCH3 is 1. The van der Waals surface area contributed by atoms with Crippen LogP contribution in [0.2, 0.25) is 0 Å². The van der Waals surface area contributed by atoms with Gasteiger partial charge in [-0.05, 0) is 11.6 Å². The maximum absolute atomic E-state index is 12.6. The van der Waals surface area contributed by atoms with Gasteiger partial charge in [0, 0.05) is 0 Å². The molecule has 0 aromatic carbocycles. The normalized spacial score (nSPS) is 10.2. The summed E-state index contributed by atoms with van der Waals surface area (Å²) in [5.74, 6) is -0.0935. The molecular formula is C10H9ClF2N2O. The lowest BCUT2D eigenvalue weighted by molar-refractivity contribution is 0.146. The average molecular weight is 247 g/mol. The summed E-state index contributed by atoms with van der Waals surface area (Å²) in [6.07, 6.45) is -2.69. The van der Waals surface area contributed by atoms with Crippen LogP contribution < -0.4 is 4.74 Å². The zero-order valence-electron chi connectivity index (χ0n) is 8.51. The molecule has 0 unspecified atom stereocenters. The van der Waals surface area contributed by atoms with Crippen molar-refractivity contribution in [2.45, 2.75) is 18.7 Å². The molecule has 1 rings (SSSR count). The highest BCUT2D eigenvalue weighted by Gasteiger charge is 2.18. The van der Waals surface area contributed by atoms with Crippen LogP contribution in [0.1, 0.15) is 23.2 Å². The number of alkyl halides is 3. The quantitative estimate of drug-likeness (QED) is 0.768. The molecule has 0 aliphatic heterocycles. The van der Waals surface area contributed by atoms with E-state index in [-0.39, 0.29) is 23.7 Å². The zero-order chi connectivity index (χ0) is 12.1. The van der Waals surface area contributed by atoms with Crippen LogP contribution in [0.25, 0.3) is 0 Å². The summed E-state index contributed by atoms with van der Waals surface area (Å²) in [4.78, 5) is 3.86. The third-order valence-electron chi connectivity index (χ3n) is 2.01. The number of rotatable bonds is 4. The van der Waals surface area contributed by atoms with Gasteiger partial charge in [0.05, 0.1) is 36.7 Å². The Hall–Kier alpha value is -1.41. The lowest BCUT2D eigenvalue weighted by Gasteiger charge is -2.11. The molecule has 3 nitrogen and oxygen atoms in total. The maximum atomic E-state index is 12.6. The minimum Gasteiger partial charge on any atom is -0.481 e. The van der Waals surface area contributed by atoms with E-state index < -0.39 is 6.43 Å². The molecule has 16 heavy (non-hydrogen) atoms. The zero-order valence-corrected chi connectivity index (χ0v) is 9.26. The van der Waals surface area contributed by atoms with Crippen molar-refractivity contribution in [3.8, 4) is 11.9 Å². The molecule has 0 aliphatic carbocycles. The third-order valence-corrected chi connectivity index (χ3v) is 2.26. The molecule has 0 radical (unpaired) electrons. The standard InChI is InChI=1S/C10H9ClF2N2O/c1-16-10-7(9(12)13)4-6(2-3-14)8(5-11)15-10/h4,9H,2,5H2,1H3. The molecule has 0 saturated heterocycles. The van der Waals surface area contributed by atoms with Crippen LogP contribution in [-0.4, -0.2) is 12.1 Å². The summed E-state index contributed by atoms with van der Waals surface area (Å²) in [5.41, 5.74) is 0.486. The Kier molecular flexibility index (Phi) is 4.44. The maximum Gasteiger partial charge on any atom is 0.269 e. The van der Waals surface area contributed by atoms with Crippen LogP contribution in [0.4, 0.5) is 8.78 Å². The molecule has 0 saturated carbocycles. The van der Waals surface area contributed by atoms with Crippen molar-refractivity contribution in [1.29, 1.82) is 5.26 Å². The molecule has 6 heteroatoms. The molecule has 1 aromatic heterocycles. The van der Waals surface area contributed by atoms with Gasteiger partial charge < -0.3 is 4.74 Å². The van der Waals surface area contributed by atoms with Crippen molar-refractivity contribution in [3.05, 3.63) is 22.9 Å². The van der Waals surface area contributed by atoms with Crippen LogP contribution in [-0.2, 0) is 12.3 Å². The number of aromatic nitrogens is 1. The molecule has 1 aromatic rings. The van der Waals surface area contributed by atoms with Crippen molar-refractivity contribution in [1.82, 2.24) is 4.98 Å². The second-order valence-corrected chi connectivity index (χ2v) is 3.23. The molecule has 0 N–H and O–H groups in total. The van der Waals surface area contributed by atoms with Gasteiger partial charge in [-0.2, -0.15) is 5.26 Å². The van der Waals surface area contributed by atoms with Gasteiger partial charge in [0.15, 0.2) is 0 Å². The Morgan fingerprint density at radius 2 is 2.31 bits per heavy atom. The molecule has 86 valence electrons. The molecule has 0 bridgehead atoms. The van der Waals surface area contributed by atoms with Gasteiger partial charge >= 0.3 is 0 Å². The Morgan fingerprint density at radius 1 is 1.62 bits per heavy atom. The number of ether oxygens (including phenoxy) is 1. The fourth-order valence-electron chi connectivity index (χ4n) is 1.27. The smallest absolute Gasteiger partial charge is 0.269 e. The van der Waals surface area contributed by atoms with Crippen molar-refractivity contribution in [3.63, 3.8) is 0 Å². The number of hydrogen-bond acceptors (Lipinski definition) is 3. The Bertz CT molecular complexity index is 418. The summed E-state index contributed by atoms with van der Waals surface area (Å²) in [6.45, 7) is 0. The molecule has 0 amide bonds. The van der Waals surface area contributed by atoms with Gasteiger partial charge in [0.1, 0.15) is 0 Å². The van der Waals surface area contributed by atoms with E-state index in [1.807, 2.05) is 6.07 Å². The van der Waals surface area contributed by atoms with Crippen LogP contribution in [0.3, 0.4) is 0 Å². The van der Waals surface area contributed by atoms with Crippen molar-refractivity contribution >= 4 is 11.6 Å². The molecular weight excluding hydrogens is 238 g/mol. The molecule has 0 spiro atoms. The first-order valence-electron chi connectivity index (χ1n) is 4.41. The van der Waals surface area contributed by atoms with Gasteiger partial charge in [-0.15, -0.1) is 11.6 Å². The summed E-state index contributed by atoms with van der Waals surface area (Å²) < 4.78 is 30.0. The number of nitrogens with zero attached hydrogens (tertiary/aromatic N) is 2. The summed E-state index contributed by atoms with van der Waals surface area (Å²) in [6, 6.07) is 3.10. The van der Waals surface area contributed by atoms with E-state index in [1.165, 1.54) is 13.2 Å². The van der Waals surface area contributed by atoms with E-state index in [0.717, 1.165) is 0 Å². The Labute approximate surface area is 96.6 Å². The van der Waals surface area contributed by atoms with E-state index in [0.29, 0.717) is 11.3 Å². The van der Waals surface area contributed by atoms with E-state index in [9.17, 15) is 8.78 Å². The van der Waals surface area contributed by atoms with E-state index in [2.05, 4.69) is 4.98 Å². The third kappa shape index (κ3) is 2.58. The number of nitriles is 1. The Morgan fingerprint density at radius 3 is 2.75 bits per heavy atom. The average Bonchev–Trinajstić information content (AvgIpc) is 2.28. The van der Waals surface area contributed by atoms with Gasteiger partial charge in [0.25, 0.3) is 6.43 Å². The molecule has 0 fully saturated rings.